The highest BCUT2D eigenvalue weighted by atomic mass is 19.4. The van der Waals surface area contributed by atoms with Crippen molar-refractivity contribution in [2.75, 3.05) is 0 Å². The summed E-state index contributed by atoms with van der Waals surface area (Å²) < 4.78 is 31.7. The van der Waals surface area contributed by atoms with E-state index in [2.05, 4.69) is 32.7 Å². The lowest BCUT2D eigenvalue weighted by atomic mass is 9.46. The number of aliphatic carboxylic acids is 1. The molecule has 4 nitrogen and oxygen atoms in total. The lowest BCUT2D eigenvalue weighted by molar-refractivity contribution is -0.192. The summed E-state index contributed by atoms with van der Waals surface area (Å²) in [5.74, 6) is -1.19. The number of halogens is 3. The molecule has 0 amide bonds. The number of hydrogen-bond donors (Lipinski definition) is 3. The minimum atomic E-state index is -5.08. The zero-order valence-electron chi connectivity index (χ0n) is 17.1. The van der Waals surface area contributed by atoms with Crippen LogP contribution >= 0.6 is 0 Å². The average molecular weight is 406 g/mol. The van der Waals surface area contributed by atoms with E-state index in [1.165, 1.54) is 31.3 Å². The van der Waals surface area contributed by atoms with Gasteiger partial charge in [-0.2, -0.15) is 13.2 Å². The Balaban J connectivity index is 0.000000345. The summed E-state index contributed by atoms with van der Waals surface area (Å²) >= 11 is 0. The lowest BCUT2D eigenvalue weighted by Gasteiger charge is -2.62. The number of carbonyl (C=O) groups is 1. The van der Waals surface area contributed by atoms with E-state index in [-0.39, 0.29) is 5.60 Å². The van der Waals surface area contributed by atoms with Gasteiger partial charge >= 0.3 is 12.1 Å². The lowest BCUT2D eigenvalue weighted by Crippen LogP contribution is -2.61. The van der Waals surface area contributed by atoms with Crippen LogP contribution in [0, 0.1) is 17.3 Å². The van der Waals surface area contributed by atoms with E-state index >= 15 is 0 Å². The molecule has 0 aromatic rings. The van der Waals surface area contributed by atoms with Crippen LogP contribution in [0.1, 0.15) is 72.1 Å². The summed E-state index contributed by atoms with van der Waals surface area (Å²) in [5, 5.41) is 21.9. The molecule has 4 fully saturated rings. The van der Waals surface area contributed by atoms with Gasteiger partial charge in [0.1, 0.15) is 0 Å². The normalized spacial score (nSPS) is 35.7. The third-order valence-electron chi connectivity index (χ3n) is 6.78. The van der Waals surface area contributed by atoms with Crippen molar-refractivity contribution in [3.63, 3.8) is 0 Å². The first-order chi connectivity index (χ1) is 12.7. The van der Waals surface area contributed by atoms with Gasteiger partial charge in [-0.05, 0) is 89.4 Å². The van der Waals surface area contributed by atoms with Crippen LogP contribution in [-0.4, -0.2) is 40.0 Å². The SMILES string of the molecule is C=C(C)CCC(C)NC(C)C12CC3CC(CC(O)(C3)C1)C2.O=C(O)C(F)(F)F. The van der Waals surface area contributed by atoms with Crippen LogP contribution in [0.4, 0.5) is 13.2 Å². The van der Waals surface area contributed by atoms with E-state index in [9.17, 15) is 18.3 Å². The predicted octanol–water partition coefficient (Wildman–Crippen LogP) is 4.67. The first-order valence-electron chi connectivity index (χ1n) is 10.2. The number of nitrogens with one attached hydrogen (secondary N) is 1. The number of rotatable bonds is 6. The molecule has 28 heavy (non-hydrogen) atoms. The van der Waals surface area contributed by atoms with Gasteiger partial charge in [-0.1, -0.05) is 5.57 Å². The van der Waals surface area contributed by atoms with Crippen molar-refractivity contribution < 1.29 is 28.2 Å². The maximum atomic E-state index is 10.9. The highest BCUT2D eigenvalue weighted by Crippen LogP contribution is 2.62. The zero-order valence-corrected chi connectivity index (χ0v) is 17.1. The van der Waals surface area contributed by atoms with Gasteiger partial charge in [-0.15, -0.1) is 6.58 Å². The Kier molecular flexibility index (Phi) is 6.91. The Hall–Kier alpha value is -1.08. The molecule has 4 aliphatic rings. The number of alkyl halides is 3. The van der Waals surface area contributed by atoms with Crippen LogP contribution in [0.15, 0.2) is 12.2 Å². The van der Waals surface area contributed by atoms with Gasteiger partial charge in [0.25, 0.3) is 0 Å². The molecule has 0 aliphatic heterocycles. The molecule has 4 atom stereocenters. The van der Waals surface area contributed by atoms with E-state index in [1.54, 1.807) is 0 Å². The Bertz CT molecular complexity index is 576. The van der Waals surface area contributed by atoms with Crippen LogP contribution in [0.5, 0.6) is 0 Å². The minimum absolute atomic E-state index is 0.332. The van der Waals surface area contributed by atoms with Gasteiger partial charge in [0, 0.05) is 12.1 Å². The molecule has 4 saturated carbocycles. The maximum absolute atomic E-state index is 10.9. The van der Waals surface area contributed by atoms with Crippen LogP contribution < -0.4 is 5.32 Å². The molecule has 4 bridgehead atoms. The predicted molar refractivity (Wildman–Crippen MR) is 102 cm³/mol. The second-order valence-corrected chi connectivity index (χ2v) is 9.64. The van der Waals surface area contributed by atoms with Crippen molar-refractivity contribution in [3.8, 4) is 0 Å². The molecular weight excluding hydrogens is 371 g/mol. The summed E-state index contributed by atoms with van der Waals surface area (Å²) in [6, 6.07) is 1.06. The molecule has 0 radical (unpaired) electrons. The molecule has 0 spiro atoms. The number of carboxylic acid groups (broad SMARTS) is 1. The van der Waals surface area contributed by atoms with Gasteiger partial charge in [-0.3, -0.25) is 0 Å². The van der Waals surface area contributed by atoms with Crippen LogP contribution in [-0.2, 0) is 4.79 Å². The van der Waals surface area contributed by atoms with E-state index in [1.807, 2.05) is 0 Å². The van der Waals surface area contributed by atoms with Gasteiger partial charge in [0.2, 0.25) is 0 Å². The quantitative estimate of drug-likeness (QED) is 0.562. The van der Waals surface area contributed by atoms with E-state index in [0.717, 1.165) is 37.5 Å². The van der Waals surface area contributed by atoms with Gasteiger partial charge in [0.05, 0.1) is 5.60 Å². The molecule has 0 heterocycles. The molecule has 0 aromatic heterocycles. The number of hydrogen-bond acceptors (Lipinski definition) is 3. The Morgan fingerprint density at radius 1 is 1.21 bits per heavy atom. The van der Waals surface area contributed by atoms with Gasteiger partial charge in [-0.25, -0.2) is 4.79 Å². The third kappa shape index (κ3) is 5.72. The molecular formula is C21H34F3NO3. The largest absolute Gasteiger partial charge is 0.490 e. The summed E-state index contributed by atoms with van der Waals surface area (Å²) in [6.07, 6.45) is 4.44. The fraction of sp³-hybridized carbons (Fsp3) is 0.857. The molecule has 7 heteroatoms. The highest BCUT2D eigenvalue weighted by molar-refractivity contribution is 5.73. The first kappa shape index (κ1) is 23.2. The molecule has 0 saturated heterocycles. The molecule has 4 unspecified atom stereocenters. The van der Waals surface area contributed by atoms with Crippen molar-refractivity contribution in [2.45, 2.75) is 96.0 Å². The summed E-state index contributed by atoms with van der Waals surface area (Å²) in [4.78, 5) is 8.90. The Labute approximate surface area is 165 Å². The minimum Gasteiger partial charge on any atom is -0.475 e. The number of allylic oxidation sites excluding steroid dienone is 1. The van der Waals surface area contributed by atoms with E-state index in [4.69, 9.17) is 9.90 Å². The fourth-order valence-electron chi connectivity index (χ4n) is 5.94. The summed E-state index contributed by atoms with van der Waals surface area (Å²) in [6.45, 7) is 10.8. The molecule has 162 valence electrons. The Morgan fingerprint density at radius 2 is 1.71 bits per heavy atom. The smallest absolute Gasteiger partial charge is 0.475 e. The Morgan fingerprint density at radius 3 is 2.11 bits per heavy atom. The van der Waals surface area contributed by atoms with E-state index < -0.39 is 12.1 Å². The molecule has 4 aliphatic carbocycles. The summed E-state index contributed by atoms with van der Waals surface area (Å²) in [7, 11) is 0. The average Bonchev–Trinajstić information content (AvgIpc) is 2.50. The molecule has 4 rings (SSSR count). The first-order valence-corrected chi connectivity index (χ1v) is 10.2. The topological polar surface area (TPSA) is 69.6 Å². The highest BCUT2D eigenvalue weighted by Gasteiger charge is 2.58. The van der Waals surface area contributed by atoms with Crippen molar-refractivity contribution in [3.05, 3.63) is 12.2 Å². The molecule has 3 N–H and O–H groups in total. The van der Waals surface area contributed by atoms with Crippen LogP contribution in [0.25, 0.3) is 0 Å². The van der Waals surface area contributed by atoms with Crippen molar-refractivity contribution >= 4 is 5.97 Å². The second-order valence-electron chi connectivity index (χ2n) is 9.64. The zero-order chi connectivity index (χ0) is 21.3. The standard InChI is InChI=1S/C19H33NO.C2HF3O2/c1-13(2)5-6-14(3)20-15(4)18-8-16-7-17(9-18)11-19(21,10-16)12-18;3-2(4,5)1(6)7/h14-17,20-21H,1,5-12H2,2-4H3;(H,6,7). The van der Waals surface area contributed by atoms with Gasteiger partial charge in [0.15, 0.2) is 0 Å². The number of carboxylic acids is 1. The van der Waals surface area contributed by atoms with Crippen molar-refractivity contribution in [1.29, 1.82) is 0 Å². The van der Waals surface area contributed by atoms with Gasteiger partial charge < -0.3 is 15.5 Å². The molecule has 0 aromatic carbocycles. The summed E-state index contributed by atoms with van der Waals surface area (Å²) in [5.41, 5.74) is 1.30. The number of aliphatic hydroxyl groups is 1. The van der Waals surface area contributed by atoms with Crippen LogP contribution in [0.3, 0.4) is 0 Å². The van der Waals surface area contributed by atoms with Crippen molar-refractivity contribution in [1.82, 2.24) is 5.32 Å². The third-order valence-corrected chi connectivity index (χ3v) is 6.78. The second kappa shape index (κ2) is 8.34. The monoisotopic (exact) mass is 405 g/mol. The van der Waals surface area contributed by atoms with Crippen molar-refractivity contribution in [2.24, 2.45) is 17.3 Å². The van der Waals surface area contributed by atoms with Crippen LogP contribution in [0.2, 0.25) is 0 Å². The fourth-order valence-corrected chi connectivity index (χ4v) is 5.94. The van der Waals surface area contributed by atoms with E-state index in [0.29, 0.717) is 17.5 Å². The maximum Gasteiger partial charge on any atom is 0.490 e.